The van der Waals surface area contributed by atoms with Gasteiger partial charge in [-0.25, -0.2) is 0 Å². The monoisotopic (exact) mass is 328 g/mol. The quantitative estimate of drug-likeness (QED) is 0.744. The number of carbonyl (C=O) groups is 2. The number of aromatic hydroxyl groups is 1. The largest absolute Gasteiger partial charge is 0.506 e. The molecule has 24 heavy (non-hydrogen) atoms. The minimum atomic E-state index is -0.311. The van der Waals surface area contributed by atoms with Crippen LogP contribution in [0.25, 0.3) is 0 Å². The van der Waals surface area contributed by atoms with Crippen molar-refractivity contribution in [1.82, 2.24) is 5.32 Å². The number of phenolic OH excluding ortho intramolecular Hbond substituents is 1. The molecular weight excluding hydrogens is 304 g/mol. The molecule has 0 saturated heterocycles. The maximum atomic E-state index is 12.8. The highest BCUT2D eigenvalue weighted by molar-refractivity contribution is 5.96. The second-order valence-electron chi connectivity index (χ2n) is 7.95. The predicted octanol–water partition coefficient (Wildman–Crippen LogP) is 2.66. The molecular formula is C19H24N2O3. The first-order valence-electron chi connectivity index (χ1n) is 8.90. The molecule has 5 heteroatoms. The van der Waals surface area contributed by atoms with Crippen LogP contribution < -0.4 is 10.6 Å². The van der Waals surface area contributed by atoms with Crippen molar-refractivity contribution < 1.29 is 14.7 Å². The van der Waals surface area contributed by atoms with Gasteiger partial charge in [-0.15, -0.1) is 0 Å². The number of para-hydroxylation sites is 2. The molecule has 4 aliphatic rings. The van der Waals surface area contributed by atoms with E-state index in [4.69, 9.17) is 0 Å². The highest BCUT2D eigenvalue weighted by atomic mass is 16.3. The van der Waals surface area contributed by atoms with Crippen molar-refractivity contribution in [1.29, 1.82) is 0 Å². The van der Waals surface area contributed by atoms with Crippen molar-refractivity contribution in [2.75, 3.05) is 11.9 Å². The van der Waals surface area contributed by atoms with Gasteiger partial charge >= 0.3 is 0 Å². The maximum absolute atomic E-state index is 12.8. The third kappa shape index (κ3) is 2.76. The van der Waals surface area contributed by atoms with Gasteiger partial charge < -0.3 is 15.7 Å². The van der Waals surface area contributed by atoms with Crippen molar-refractivity contribution >= 4 is 17.5 Å². The van der Waals surface area contributed by atoms with E-state index in [1.54, 1.807) is 18.2 Å². The third-order valence-electron chi connectivity index (χ3n) is 6.11. The first-order chi connectivity index (χ1) is 11.5. The van der Waals surface area contributed by atoms with E-state index in [1.165, 1.54) is 25.3 Å². The fourth-order valence-electron chi connectivity index (χ4n) is 5.51. The smallest absolute Gasteiger partial charge is 0.243 e. The van der Waals surface area contributed by atoms with Crippen LogP contribution in [-0.2, 0) is 9.59 Å². The van der Waals surface area contributed by atoms with Gasteiger partial charge in [-0.1, -0.05) is 12.1 Å². The number of rotatable bonds is 4. The Labute approximate surface area is 141 Å². The zero-order valence-electron chi connectivity index (χ0n) is 13.8. The Hall–Kier alpha value is -2.04. The van der Waals surface area contributed by atoms with Gasteiger partial charge in [-0.05, 0) is 68.4 Å². The van der Waals surface area contributed by atoms with Crippen LogP contribution in [-0.4, -0.2) is 23.5 Å². The SMILES string of the molecule is O=C(CNC(=O)C12CC3CC(CC(C3)C1)C2)Nc1ccccc1O. The van der Waals surface area contributed by atoms with Crippen LogP contribution in [0.2, 0.25) is 0 Å². The summed E-state index contributed by atoms with van der Waals surface area (Å²) in [6.07, 6.45) is 6.85. The first-order valence-corrected chi connectivity index (χ1v) is 8.90. The van der Waals surface area contributed by atoms with Gasteiger partial charge in [-0.2, -0.15) is 0 Å². The summed E-state index contributed by atoms with van der Waals surface area (Å²) in [5, 5.41) is 15.2. The van der Waals surface area contributed by atoms with E-state index in [1.807, 2.05) is 0 Å². The summed E-state index contributed by atoms with van der Waals surface area (Å²) >= 11 is 0. The number of anilines is 1. The fraction of sp³-hybridized carbons (Fsp3) is 0.579. The van der Waals surface area contributed by atoms with Gasteiger partial charge in [0.2, 0.25) is 11.8 Å². The van der Waals surface area contributed by atoms with Crippen molar-refractivity contribution in [2.24, 2.45) is 23.2 Å². The molecule has 0 unspecified atom stereocenters. The molecule has 4 bridgehead atoms. The predicted molar refractivity (Wildman–Crippen MR) is 90.4 cm³/mol. The number of hydrogen-bond donors (Lipinski definition) is 3. The molecule has 5 nitrogen and oxygen atoms in total. The van der Waals surface area contributed by atoms with E-state index in [2.05, 4.69) is 10.6 Å². The molecule has 0 aromatic heterocycles. The lowest BCUT2D eigenvalue weighted by atomic mass is 9.49. The summed E-state index contributed by atoms with van der Waals surface area (Å²) in [7, 11) is 0. The Kier molecular flexibility index (Phi) is 3.74. The van der Waals surface area contributed by atoms with Crippen molar-refractivity contribution in [2.45, 2.75) is 38.5 Å². The molecule has 4 aliphatic carbocycles. The van der Waals surface area contributed by atoms with Gasteiger partial charge in [0.05, 0.1) is 12.2 Å². The van der Waals surface area contributed by atoms with Gasteiger partial charge in [0, 0.05) is 5.41 Å². The van der Waals surface area contributed by atoms with E-state index in [-0.39, 0.29) is 29.5 Å². The van der Waals surface area contributed by atoms with Crippen LogP contribution in [0.4, 0.5) is 5.69 Å². The van der Waals surface area contributed by atoms with E-state index in [9.17, 15) is 14.7 Å². The normalized spacial score (nSPS) is 33.2. The summed E-state index contributed by atoms with van der Waals surface area (Å²) in [4.78, 5) is 24.8. The second-order valence-corrected chi connectivity index (χ2v) is 7.95. The summed E-state index contributed by atoms with van der Waals surface area (Å²) in [5.74, 6) is 1.88. The minimum Gasteiger partial charge on any atom is -0.506 e. The van der Waals surface area contributed by atoms with Gasteiger partial charge in [0.25, 0.3) is 0 Å². The lowest BCUT2D eigenvalue weighted by molar-refractivity contribution is -0.146. The van der Waals surface area contributed by atoms with Crippen molar-refractivity contribution in [3.63, 3.8) is 0 Å². The molecule has 0 atom stereocenters. The Morgan fingerprint density at radius 1 is 1.04 bits per heavy atom. The van der Waals surface area contributed by atoms with Crippen LogP contribution >= 0.6 is 0 Å². The molecule has 4 fully saturated rings. The Morgan fingerprint density at radius 3 is 2.21 bits per heavy atom. The Bertz CT molecular complexity index is 635. The highest BCUT2D eigenvalue weighted by Gasteiger charge is 2.54. The lowest BCUT2D eigenvalue weighted by Gasteiger charge is -2.55. The van der Waals surface area contributed by atoms with Crippen LogP contribution in [0.15, 0.2) is 24.3 Å². The van der Waals surface area contributed by atoms with E-state index in [0.29, 0.717) is 23.4 Å². The van der Waals surface area contributed by atoms with Crippen LogP contribution in [0.1, 0.15) is 38.5 Å². The van der Waals surface area contributed by atoms with Gasteiger partial charge in [0.1, 0.15) is 5.75 Å². The Balaban J connectivity index is 1.35. The average molecular weight is 328 g/mol. The third-order valence-corrected chi connectivity index (χ3v) is 6.11. The van der Waals surface area contributed by atoms with Crippen LogP contribution in [0, 0.1) is 23.2 Å². The molecule has 0 radical (unpaired) electrons. The van der Waals surface area contributed by atoms with Crippen molar-refractivity contribution in [3.8, 4) is 5.75 Å². The Morgan fingerprint density at radius 2 is 1.62 bits per heavy atom. The van der Waals surface area contributed by atoms with Crippen molar-refractivity contribution in [3.05, 3.63) is 24.3 Å². The molecule has 1 aromatic rings. The highest BCUT2D eigenvalue weighted by Crippen LogP contribution is 2.60. The molecule has 0 heterocycles. The van der Waals surface area contributed by atoms with Gasteiger partial charge in [-0.3, -0.25) is 9.59 Å². The number of benzene rings is 1. The fourth-order valence-corrected chi connectivity index (χ4v) is 5.51. The van der Waals surface area contributed by atoms with Gasteiger partial charge in [0.15, 0.2) is 0 Å². The topological polar surface area (TPSA) is 78.4 Å². The van der Waals surface area contributed by atoms with Crippen LogP contribution in [0.5, 0.6) is 5.75 Å². The summed E-state index contributed by atoms with van der Waals surface area (Å²) < 4.78 is 0. The standard InChI is InChI=1S/C19H24N2O3/c22-16-4-2-1-3-15(16)21-17(23)11-20-18(24)19-8-12-5-13(9-19)7-14(6-12)10-19/h1-4,12-14,22H,5-11H2,(H,20,24)(H,21,23). The number of nitrogens with one attached hydrogen (secondary N) is 2. The molecule has 3 N–H and O–H groups in total. The summed E-state index contributed by atoms with van der Waals surface area (Å²) in [5.41, 5.74) is 0.135. The zero-order valence-corrected chi connectivity index (χ0v) is 13.8. The molecule has 4 saturated carbocycles. The summed E-state index contributed by atoms with van der Waals surface area (Å²) in [6.45, 7) is -0.0467. The molecule has 5 rings (SSSR count). The lowest BCUT2D eigenvalue weighted by Crippen LogP contribution is -2.54. The maximum Gasteiger partial charge on any atom is 0.243 e. The number of hydrogen-bond acceptors (Lipinski definition) is 3. The molecule has 0 aliphatic heterocycles. The van der Waals surface area contributed by atoms with E-state index in [0.717, 1.165) is 19.3 Å². The molecule has 1 aromatic carbocycles. The summed E-state index contributed by atoms with van der Waals surface area (Å²) in [6, 6.07) is 6.58. The second kappa shape index (κ2) is 5.80. The van der Waals surface area contributed by atoms with Crippen LogP contribution in [0.3, 0.4) is 0 Å². The molecule has 0 spiro atoms. The number of carbonyl (C=O) groups excluding carboxylic acids is 2. The average Bonchev–Trinajstić information content (AvgIpc) is 2.53. The van der Waals surface area contributed by atoms with E-state index < -0.39 is 0 Å². The zero-order chi connectivity index (χ0) is 16.7. The minimum absolute atomic E-state index is 0.0262. The molecule has 128 valence electrons. The molecule has 2 amide bonds. The van der Waals surface area contributed by atoms with E-state index >= 15 is 0 Å². The number of amides is 2. The number of phenols is 1. The first kappa shape index (κ1) is 15.5.